The molecule has 1 aliphatic heterocycles. The maximum atomic E-state index is 12.2. The van der Waals surface area contributed by atoms with Crippen molar-refractivity contribution >= 4 is 27.5 Å². The molecular formula is C21H25N3O5S. The van der Waals surface area contributed by atoms with Gasteiger partial charge in [0, 0.05) is 42.4 Å². The third kappa shape index (κ3) is 5.29. The van der Waals surface area contributed by atoms with Gasteiger partial charge in [-0.3, -0.25) is 14.5 Å². The van der Waals surface area contributed by atoms with E-state index >= 15 is 0 Å². The molecule has 0 spiro atoms. The highest BCUT2D eigenvalue weighted by Crippen LogP contribution is 2.26. The number of nitrogens with one attached hydrogen (secondary N) is 2. The summed E-state index contributed by atoms with van der Waals surface area (Å²) in [6.45, 7) is 0.487. The number of hydrogen-bond acceptors (Lipinski definition) is 6. The second-order valence-corrected chi connectivity index (χ2v) is 8.44. The fourth-order valence-corrected chi connectivity index (χ4v) is 4.37. The predicted molar refractivity (Wildman–Crippen MR) is 115 cm³/mol. The molecule has 0 unspecified atom stereocenters. The first-order valence-electron chi connectivity index (χ1n) is 9.62. The number of anilines is 1. The first kappa shape index (κ1) is 21.6. The molecule has 0 atom stereocenters. The standard InChI is InChI=1S/C21H25N3O5S/c1-28-16-12-15(13-17(14-16)29-2)23-20(25)10-4-3-7-11-22-21-18-8-5-6-9-19(18)30(26,27)24-21/h5-6,8-9,12-14H,3-4,7,10-11H2,1-2H3,(H,22,24)(H,23,25). The van der Waals surface area contributed by atoms with Gasteiger partial charge < -0.3 is 14.8 Å². The molecule has 160 valence electrons. The van der Waals surface area contributed by atoms with Gasteiger partial charge in [0.2, 0.25) is 5.91 Å². The van der Waals surface area contributed by atoms with Crippen molar-refractivity contribution in [2.45, 2.75) is 30.6 Å². The number of hydrogen-bond donors (Lipinski definition) is 2. The van der Waals surface area contributed by atoms with Crippen LogP contribution in [0.2, 0.25) is 0 Å². The van der Waals surface area contributed by atoms with Crippen molar-refractivity contribution in [1.29, 1.82) is 0 Å². The molecule has 0 bridgehead atoms. The molecule has 1 heterocycles. The quantitative estimate of drug-likeness (QED) is 0.594. The maximum absolute atomic E-state index is 12.2. The molecule has 30 heavy (non-hydrogen) atoms. The molecule has 0 saturated carbocycles. The zero-order valence-corrected chi connectivity index (χ0v) is 17.8. The van der Waals surface area contributed by atoms with Crippen LogP contribution >= 0.6 is 0 Å². The van der Waals surface area contributed by atoms with E-state index in [4.69, 9.17) is 9.47 Å². The zero-order valence-electron chi connectivity index (χ0n) is 17.0. The SMILES string of the molecule is COc1cc(NC(=O)CCCCCN=C2NS(=O)(=O)c3ccccc32)cc(OC)c1. The van der Waals surface area contributed by atoms with Gasteiger partial charge in [-0.15, -0.1) is 0 Å². The minimum absolute atomic E-state index is 0.0888. The molecular weight excluding hydrogens is 406 g/mol. The van der Waals surface area contributed by atoms with E-state index in [2.05, 4.69) is 15.0 Å². The number of ether oxygens (including phenoxy) is 2. The summed E-state index contributed by atoms with van der Waals surface area (Å²) in [6, 6.07) is 12.0. The van der Waals surface area contributed by atoms with Crippen LogP contribution in [0, 0.1) is 0 Å². The summed E-state index contributed by atoms with van der Waals surface area (Å²) in [5.74, 6) is 1.50. The topological polar surface area (TPSA) is 106 Å². The van der Waals surface area contributed by atoms with Gasteiger partial charge in [-0.2, -0.15) is 0 Å². The van der Waals surface area contributed by atoms with E-state index in [9.17, 15) is 13.2 Å². The minimum Gasteiger partial charge on any atom is -0.497 e. The van der Waals surface area contributed by atoms with Crippen molar-refractivity contribution in [3.63, 3.8) is 0 Å². The van der Waals surface area contributed by atoms with Crippen LogP contribution in [-0.2, 0) is 14.8 Å². The van der Waals surface area contributed by atoms with Crippen molar-refractivity contribution in [2.24, 2.45) is 4.99 Å². The number of amidine groups is 1. The van der Waals surface area contributed by atoms with Gasteiger partial charge in [0.05, 0.1) is 19.1 Å². The van der Waals surface area contributed by atoms with Gasteiger partial charge in [0.1, 0.15) is 17.3 Å². The van der Waals surface area contributed by atoms with Crippen molar-refractivity contribution in [3.8, 4) is 11.5 Å². The normalized spacial score (nSPS) is 15.3. The monoisotopic (exact) mass is 431 g/mol. The number of fused-ring (bicyclic) bond motifs is 1. The molecule has 0 fully saturated rings. The smallest absolute Gasteiger partial charge is 0.263 e. The highest BCUT2D eigenvalue weighted by Gasteiger charge is 2.29. The van der Waals surface area contributed by atoms with Gasteiger partial charge in [-0.05, 0) is 25.0 Å². The molecule has 9 heteroatoms. The molecule has 0 aliphatic carbocycles. The third-order valence-corrected chi connectivity index (χ3v) is 6.03. The molecule has 2 aromatic rings. The molecule has 0 radical (unpaired) electrons. The van der Waals surface area contributed by atoms with Crippen LogP contribution in [0.5, 0.6) is 11.5 Å². The van der Waals surface area contributed by atoms with E-state index in [-0.39, 0.29) is 10.8 Å². The van der Waals surface area contributed by atoms with Gasteiger partial charge in [-0.1, -0.05) is 18.6 Å². The number of carbonyl (C=O) groups excluding carboxylic acids is 1. The lowest BCUT2D eigenvalue weighted by atomic mass is 10.1. The fraction of sp³-hybridized carbons (Fsp3) is 0.333. The van der Waals surface area contributed by atoms with E-state index in [1.165, 1.54) is 0 Å². The van der Waals surface area contributed by atoms with Crippen molar-refractivity contribution < 1.29 is 22.7 Å². The second kappa shape index (κ2) is 9.62. The summed E-state index contributed by atoms with van der Waals surface area (Å²) in [7, 11) is -0.396. The van der Waals surface area contributed by atoms with Crippen molar-refractivity contribution in [2.75, 3.05) is 26.1 Å². The van der Waals surface area contributed by atoms with Crippen molar-refractivity contribution in [1.82, 2.24) is 4.72 Å². The third-order valence-electron chi connectivity index (χ3n) is 4.63. The molecule has 1 aliphatic rings. The number of aliphatic imine (C=N–C) groups is 1. The Bertz CT molecular complexity index is 1030. The lowest BCUT2D eigenvalue weighted by Crippen LogP contribution is -2.22. The average molecular weight is 432 g/mol. The number of amides is 1. The highest BCUT2D eigenvalue weighted by atomic mass is 32.2. The van der Waals surface area contributed by atoms with Gasteiger partial charge in [0.25, 0.3) is 10.0 Å². The van der Waals surface area contributed by atoms with Crippen LogP contribution in [0.3, 0.4) is 0 Å². The number of sulfonamides is 1. The Labute approximate surface area is 176 Å². The minimum atomic E-state index is -3.50. The first-order valence-corrected chi connectivity index (χ1v) is 11.1. The Kier molecular flexibility index (Phi) is 6.94. The van der Waals surface area contributed by atoms with Crippen LogP contribution < -0.4 is 19.5 Å². The Hall–Kier alpha value is -3.07. The summed E-state index contributed by atoms with van der Waals surface area (Å²) < 4.78 is 37.0. The zero-order chi connectivity index (χ0) is 21.6. The van der Waals surface area contributed by atoms with Crippen LogP contribution in [0.1, 0.15) is 31.2 Å². The Morgan fingerprint density at radius 2 is 1.73 bits per heavy atom. The summed E-state index contributed by atoms with van der Waals surface area (Å²) in [4.78, 5) is 16.8. The number of nitrogens with zero attached hydrogens (tertiary/aromatic N) is 1. The van der Waals surface area contributed by atoms with Gasteiger partial charge >= 0.3 is 0 Å². The van der Waals surface area contributed by atoms with E-state index in [1.807, 2.05) is 0 Å². The lowest BCUT2D eigenvalue weighted by molar-refractivity contribution is -0.116. The molecule has 0 aromatic heterocycles. The Balaban J connectivity index is 1.43. The molecule has 8 nitrogen and oxygen atoms in total. The first-order chi connectivity index (χ1) is 14.4. The Morgan fingerprint density at radius 1 is 1.03 bits per heavy atom. The number of methoxy groups -OCH3 is 2. The van der Waals surface area contributed by atoms with Gasteiger partial charge in [-0.25, -0.2) is 8.42 Å². The number of rotatable bonds is 9. The van der Waals surface area contributed by atoms with Crippen LogP contribution in [-0.4, -0.2) is 40.9 Å². The molecule has 2 N–H and O–H groups in total. The summed E-state index contributed by atoms with van der Waals surface area (Å²) in [5, 5.41) is 2.84. The van der Waals surface area contributed by atoms with E-state index in [0.29, 0.717) is 48.0 Å². The summed E-state index contributed by atoms with van der Waals surface area (Å²) >= 11 is 0. The predicted octanol–water partition coefficient (Wildman–Crippen LogP) is 2.94. The van der Waals surface area contributed by atoms with E-state index in [1.54, 1.807) is 56.7 Å². The summed E-state index contributed by atoms with van der Waals surface area (Å²) in [6.07, 6.45) is 2.65. The van der Waals surface area contributed by atoms with Crippen LogP contribution in [0.4, 0.5) is 5.69 Å². The fourth-order valence-electron chi connectivity index (χ4n) is 3.12. The largest absolute Gasteiger partial charge is 0.497 e. The second-order valence-electron chi connectivity index (χ2n) is 6.79. The number of carbonyl (C=O) groups is 1. The van der Waals surface area contributed by atoms with Gasteiger partial charge in [0.15, 0.2) is 0 Å². The highest BCUT2D eigenvalue weighted by molar-refractivity contribution is 7.90. The lowest BCUT2D eigenvalue weighted by Gasteiger charge is -2.09. The van der Waals surface area contributed by atoms with Crippen molar-refractivity contribution in [3.05, 3.63) is 48.0 Å². The number of benzene rings is 2. The maximum Gasteiger partial charge on any atom is 0.263 e. The number of unbranched alkanes of at least 4 members (excludes halogenated alkanes) is 2. The van der Waals surface area contributed by atoms with E-state index in [0.717, 1.165) is 12.8 Å². The average Bonchev–Trinajstić information content (AvgIpc) is 3.00. The molecule has 2 aromatic carbocycles. The molecule has 0 saturated heterocycles. The summed E-state index contributed by atoms with van der Waals surface area (Å²) in [5.41, 5.74) is 1.22. The van der Waals surface area contributed by atoms with Crippen LogP contribution in [0.25, 0.3) is 0 Å². The molecule has 3 rings (SSSR count). The van der Waals surface area contributed by atoms with Crippen LogP contribution in [0.15, 0.2) is 52.4 Å². The molecule has 1 amide bonds. The Morgan fingerprint density at radius 3 is 2.43 bits per heavy atom. The van der Waals surface area contributed by atoms with E-state index < -0.39 is 10.0 Å².